The molecule has 2 amide bonds. The molecule has 0 aromatic heterocycles. The van der Waals surface area contributed by atoms with Crippen LogP contribution in [0.4, 0.5) is 4.79 Å². The predicted octanol–water partition coefficient (Wildman–Crippen LogP) is 2.65. The van der Waals surface area contributed by atoms with Crippen molar-refractivity contribution in [2.45, 2.75) is 76.8 Å². The quantitative estimate of drug-likeness (QED) is 0.744. The zero-order valence-electron chi connectivity index (χ0n) is 12.3. The Bertz CT molecular complexity index is 366. The Morgan fingerprint density at radius 2 is 1.65 bits per heavy atom. The number of aliphatic carboxylic acids is 1. The molecule has 2 aliphatic carbocycles. The summed E-state index contributed by atoms with van der Waals surface area (Å²) in [4.78, 5) is 23.6. The fourth-order valence-corrected chi connectivity index (χ4v) is 3.45. The normalized spacial score (nSPS) is 31.6. The molecule has 0 heterocycles. The molecule has 2 aliphatic rings. The maximum atomic E-state index is 12.1. The molecule has 0 aromatic carbocycles. The van der Waals surface area contributed by atoms with Crippen LogP contribution in [0.5, 0.6) is 0 Å². The van der Waals surface area contributed by atoms with Gasteiger partial charge in [0.25, 0.3) is 0 Å². The summed E-state index contributed by atoms with van der Waals surface area (Å²) in [6, 6.07) is -0.211. The van der Waals surface area contributed by atoms with Gasteiger partial charge in [-0.25, -0.2) is 4.79 Å². The lowest BCUT2D eigenvalue weighted by Crippen LogP contribution is -2.55. The van der Waals surface area contributed by atoms with E-state index in [1.54, 1.807) is 6.92 Å². The van der Waals surface area contributed by atoms with Gasteiger partial charge in [0.1, 0.15) is 0 Å². The lowest BCUT2D eigenvalue weighted by atomic mass is 9.72. The lowest BCUT2D eigenvalue weighted by molar-refractivity contribution is -0.151. The number of carbonyl (C=O) groups excluding carboxylic acids is 1. The second-order valence-electron chi connectivity index (χ2n) is 6.47. The topological polar surface area (TPSA) is 78.4 Å². The first kappa shape index (κ1) is 15.1. The van der Waals surface area contributed by atoms with Gasteiger partial charge >= 0.3 is 12.0 Å². The second kappa shape index (κ2) is 6.46. The summed E-state index contributed by atoms with van der Waals surface area (Å²) >= 11 is 0. The first-order valence-electron chi connectivity index (χ1n) is 7.83. The van der Waals surface area contributed by atoms with Crippen LogP contribution in [0.1, 0.15) is 64.7 Å². The molecule has 2 saturated carbocycles. The van der Waals surface area contributed by atoms with Gasteiger partial charge in [-0.2, -0.15) is 0 Å². The Balaban J connectivity index is 1.89. The van der Waals surface area contributed by atoms with E-state index < -0.39 is 11.4 Å². The molecule has 0 aromatic rings. The molecule has 2 unspecified atom stereocenters. The Morgan fingerprint density at radius 3 is 2.30 bits per heavy atom. The molecule has 5 nitrogen and oxygen atoms in total. The van der Waals surface area contributed by atoms with E-state index in [-0.39, 0.29) is 18.1 Å². The van der Waals surface area contributed by atoms with Crippen LogP contribution in [0, 0.1) is 5.41 Å². The molecule has 2 rings (SSSR count). The minimum absolute atomic E-state index is 0.198. The van der Waals surface area contributed by atoms with Crippen molar-refractivity contribution in [2.24, 2.45) is 5.41 Å². The fourth-order valence-electron chi connectivity index (χ4n) is 3.45. The number of hydrogen-bond donors (Lipinski definition) is 3. The molecule has 0 aliphatic heterocycles. The van der Waals surface area contributed by atoms with E-state index in [4.69, 9.17) is 0 Å². The fraction of sp³-hybridized carbons (Fsp3) is 0.867. The number of hydrogen-bond acceptors (Lipinski definition) is 2. The molecule has 3 N–H and O–H groups in total. The average Bonchev–Trinajstić information content (AvgIpc) is 2.42. The summed E-state index contributed by atoms with van der Waals surface area (Å²) in [5.41, 5.74) is -0.831. The first-order chi connectivity index (χ1) is 9.52. The standard InChI is InChI=1S/C15H26N2O3/c1-15(13(18)19)10-6-5-9-12(15)17-14(20)16-11-7-3-2-4-8-11/h11-12H,2-10H2,1H3,(H,18,19)(H2,16,17,20). The van der Waals surface area contributed by atoms with Crippen LogP contribution in [0.2, 0.25) is 0 Å². The van der Waals surface area contributed by atoms with Crippen molar-refractivity contribution in [1.82, 2.24) is 10.6 Å². The highest BCUT2D eigenvalue weighted by Gasteiger charge is 2.43. The molecule has 0 radical (unpaired) electrons. The Hall–Kier alpha value is -1.26. The molecule has 2 atom stereocenters. The van der Waals surface area contributed by atoms with Crippen molar-refractivity contribution < 1.29 is 14.7 Å². The highest BCUT2D eigenvalue weighted by atomic mass is 16.4. The maximum absolute atomic E-state index is 12.1. The number of amides is 2. The molecule has 5 heteroatoms. The number of rotatable bonds is 3. The van der Waals surface area contributed by atoms with E-state index in [0.717, 1.165) is 32.1 Å². The SMILES string of the molecule is CC1(C(=O)O)CCCCC1NC(=O)NC1CCCCC1. The van der Waals surface area contributed by atoms with Crippen LogP contribution in [0.3, 0.4) is 0 Å². The first-order valence-corrected chi connectivity index (χ1v) is 7.83. The molecular weight excluding hydrogens is 256 g/mol. The van der Waals surface area contributed by atoms with Crippen molar-refractivity contribution in [2.75, 3.05) is 0 Å². The van der Waals surface area contributed by atoms with Gasteiger partial charge in [-0.3, -0.25) is 4.79 Å². The largest absolute Gasteiger partial charge is 0.481 e. The van der Waals surface area contributed by atoms with Gasteiger partial charge < -0.3 is 15.7 Å². The number of carboxylic acid groups (broad SMARTS) is 1. The average molecular weight is 282 g/mol. The summed E-state index contributed by atoms with van der Waals surface area (Å²) in [7, 11) is 0. The summed E-state index contributed by atoms with van der Waals surface area (Å²) in [6.07, 6.45) is 8.95. The van der Waals surface area contributed by atoms with E-state index in [1.807, 2.05) is 0 Å². The molecule has 2 fully saturated rings. The van der Waals surface area contributed by atoms with Gasteiger partial charge in [0.05, 0.1) is 5.41 Å². The van der Waals surface area contributed by atoms with E-state index >= 15 is 0 Å². The zero-order chi connectivity index (χ0) is 14.6. The lowest BCUT2D eigenvalue weighted by Gasteiger charge is -2.38. The van der Waals surface area contributed by atoms with Gasteiger partial charge in [0, 0.05) is 12.1 Å². The summed E-state index contributed by atoms with van der Waals surface area (Å²) in [6.45, 7) is 1.75. The summed E-state index contributed by atoms with van der Waals surface area (Å²) in [5, 5.41) is 15.3. The van der Waals surface area contributed by atoms with Crippen molar-refractivity contribution in [3.8, 4) is 0 Å². The van der Waals surface area contributed by atoms with Crippen molar-refractivity contribution in [3.05, 3.63) is 0 Å². The number of carboxylic acids is 1. The van der Waals surface area contributed by atoms with Gasteiger partial charge in [0.15, 0.2) is 0 Å². The van der Waals surface area contributed by atoms with Crippen molar-refractivity contribution in [1.29, 1.82) is 0 Å². The Kier molecular flexibility index (Phi) is 4.89. The smallest absolute Gasteiger partial charge is 0.315 e. The maximum Gasteiger partial charge on any atom is 0.315 e. The van der Waals surface area contributed by atoms with Crippen LogP contribution < -0.4 is 10.6 Å². The van der Waals surface area contributed by atoms with Gasteiger partial charge in [0.2, 0.25) is 0 Å². The van der Waals surface area contributed by atoms with Gasteiger partial charge in [-0.15, -0.1) is 0 Å². The highest BCUT2D eigenvalue weighted by molar-refractivity contribution is 5.79. The van der Waals surface area contributed by atoms with E-state index in [0.29, 0.717) is 6.42 Å². The number of urea groups is 1. The highest BCUT2D eigenvalue weighted by Crippen LogP contribution is 2.36. The van der Waals surface area contributed by atoms with Gasteiger partial charge in [-0.05, 0) is 32.6 Å². The van der Waals surface area contributed by atoms with Crippen molar-refractivity contribution >= 4 is 12.0 Å². The summed E-state index contributed by atoms with van der Waals surface area (Å²) in [5.74, 6) is -0.805. The van der Waals surface area contributed by atoms with Crippen LogP contribution in [-0.4, -0.2) is 29.2 Å². The predicted molar refractivity (Wildman–Crippen MR) is 76.5 cm³/mol. The zero-order valence-corrected chi connectivity index (χ0v) is 12.3. The van der Waals surface area contributed by atoms with E-state index in [1.165, 1.54) is 19.3 Å². The molecule has 114 valence electrons. The van der Waals surface area contributed by atoms with Crippen molar-refractivity contribution in [3.63, 3.8) is 0 Å². The van der Waals surface area contributed by atoms with Crippen LogP contribution >= 0.6 is 0 Å². The minimum Gasteiger partial charge on any atom is -0.481 e. The molecule has 0 bridgehead atoms. The van der Waals surface area contributed by atoms with Crippen LogP contribution in [-0.2, 0) is 4.79 Å². The van der Waals surface area contributed by atoms with E-state index in [2.05, 4.69) is 10.6 Å². The minimum atomic E-state index is -0.831. The van der Waals surface area contributed by atoms with Crippen LogP contribution in [0.25, 0.3) is 0 Å². The molecule has 20 heavy (non-hydrogen) atoms. The van der Waals surface area contributed by atoms with Crippen LogP contribution in [0.15, 0.2) is 0 Å². The summed E-state index contributed by atoms with van der Waals surface area (Å²) < 4.78 is 0. The third-order valence-electron chi connectivity index (χ3n) is 4.94. The molecule has 0 saturated heterocycles. The number of carbonyl (C=O) groups is 2. The monoisotopic (exact) mass is 282 g/mol. The Morgan fingerprint density at radius 1 is 1.00 bits per heavy atom. The molecule has 0 spiro atoms. The Labute approximate surface area is 120 Å². The number of nitrogens with one attached hydrogen (secondary N) is 2. The third kappa shape index (κ3) is 3.44. The third-order valence-corrected chi connectivity index (χ3v) is 4.94. The van der Waals surface area contributed by atoms with Gasteiger partial charge in [-0.1, -0.05) is 32.1 Å². The molecular formula is C15H26N2O3. The second-order valence-corrected chi connectivity index (χ2v) is 6.47. The van der Waals surface area contributed by atoms with E-state index in [9.17, 15) is 14.7 Å².